The normalized spacial score (nSPS) is 22.8. The molecule has 3 aliphatic heterocycles. The fraction of sp³-hybridized carbons (Fsp3) is 0.509. The van der Waals surface area contributed by atoms with Gasteiger partial charge in [0.05, 0.1) is 34.8 Å². The van der Waals surface area contributed by atoms with Crippen molar-refractivity contribution in [2.75, 3.05) is 32.7 Å². The Kier molecular flexibility index (Phi) is 16.0. The van der Waals surface area contributed by atoms with E-state index in [9.17, 15) is 33.9 Å². The van der Waals surface area contributed by atoms with Gasteiger partial charge in [0.25, 0.3) is 5.91 Å². The summed E-state index contributed by atoms with van der Waals surface area (Å²) in [6.45, 7) is 16.8. The number of β-amino-alcohol motifs (C(OH)–C–C–N with tert-alkyl or cyclic N) is 1. The number of nitrogens with one attached hydrogen (secondary N) is 2. The maximum absolute atomic E-state index is 14.1. The molecule has 16 heteroatoms. The molecule has 1 saturated carbocycles. The third-order valence-electron chi connectivity index (χ3n) is 15.6. The lowest BCUT2D eigenvalue weighted by atomic mass is 9.49. The molecule has 8 rings (SSSR count). The molecule has 4 amide bonds. The second-order valence-corrected chi connectivity index (χ2v) is 22.3. The molecule has 3 saturated heterocycles. The van der Waals surface area contributed by atoms with E-state index in [1.807, 2.05) is 43.0 Å². The first-order valence-corrected chi connectivity index (χ1v) is 25.9. The number of ether oxygens (including phenoxy) is 1. The minimum absolute atomic E-state index is 0.0234. The van der Waals surface area contributed by atoms with Crippen molar-refractivity contribution in [2.24, 2.45) is 22.7 Å². The largest absolute Gasteiger partial charge is 0.489 e. The number of carbonyl (C=O) groups excluding carboxylic acids is 4. The standard InChI is InChI=1S/C57H67ClFN7O7/c1-34(2)50(48-28-35(3)63-73-48)53(71)66-33-43(67)29-47(66)52(70)61-46(38-14-17-41(59)18-15-38)31-49(68)65-26-22-42(23-27-65)64-24-20-37(21-25-64)9-8-36-10-12-39(13-11-36)51(69)62-54-56(4,5)55(57(54,6)7)72-44-19-16-40(32-60)45(58)30-44/h10-19,28,30,34,37,42-43,46-47,50,54-55,67H,20-27,29,31,33H2,1-7H3,(H,61,70)(H,62,69)/t43-,46+,47+,50-,54?,55?/m1/s1. The number of nitriles is 1. The maximum Gasteiger partial charge on any atom is 0.251 e. The van der Waals surface area contributed by atoms with Crippen LogP contribution in [0.25, 0.3) is 0 Å². The molecule has 4 aromatic rings. The Labute approximate surface area is 432 Å². The molecule has 386 valence electrons. The number of aliphatic hydroxyl groups excluding tert-OH is 1. The van der Waals surface area contributed by atoms with E-state index in [1.54, 1.807) is 43.3 Å². The molecule has 0 bridgehead atoms. The van der Waals surface area contributed by atoms with Crippen molar-refractivity contribution in [3.05, 3.63) is 117 Å². The first kappa shape index (κ1) is 53.0. The fourth-order valence-corrected chi connectivity index (χ4v) is 12.1. The van der Waals surface area contributed by atoms with Gasteiger partial charge in [-0.05, 0) is 106 Å². The number of nitrogens with zero attached hydrogens (tertiary/aromatic N) is 5. The number of aryl methyl sites for hydroxylation is 1. The number of aromatic nitrogens is 1. The monoisotopic (exact) mass is 1020 g/mol. The molecule has 4 heterocycles. The quantitative estimate of drug-likeness (QED) is 0.111. The maximum atomic E-state index is 14.1. The summed E-state index contributed by atoms with van der Waals surface area (Å²) in [6.07, 6.45) is 2.35. The van der Waals surface area contributed by atoms with Crippen molar-refractivity contribution < 1.29 is 37.9 Å². The molecule has 0 unspecified atom stereocenters. The fourth-order valence-electron chi connectivity index (χ4n) is 11.9. The minimum atomic E-state index is -0.983. The summed E-state index contributed by atoms with van der Waals surface area (Å²) in [6, 6.07) is 20.3. The zero-order chi connectivity index (χ0) is 52.4. The number of aliphatic hydroxyl groups is 1. The number of likely N-dealkylation sites (tertiary alicyclic amines) is 3. The number of benzene rings is 3. The molecular formula is C57H67ClFN7O7. The van der Waals surface area contributed by atoms with Gasteiger partial charge < -0.3 is 39.7 Å². The first-order valence-electron chi connectivity index (χ1n) is 25.5. The van der Waals surface area contributed by atoms with Gasteiger partial charge in [0.15, 0.2) is 0 Å². The SMILES string of the molecule is Cc1cc([C@H](C(=O)N2C[C@H](O)C[C@H]2C(=O)N[C@@H](CC(=O)N2CCC(N3CCC(C#Cc4ccc(C(=O)NC5C(C)(C)C(Oc6ccc(C#N)c(Cl)c6)C5(C)C)cc4)CC3)CC2)c2ccc(F)cc2)C(C)C)on1. The third-order valence-corrected chi connectivity index (χ3v) is 15.9. The predicted molar refractivity (Wildman–Crippen MR) is 273 cm³/mol. The van der Waals surface area contributed by atoms with Crippen molar-refractivity contribution in [3.63, 3.8) is 0 Å². The van der Waals surface area contributed by atoms with Gasteiger partial charge in [-0.25, -0.2) is 4.39 Å². The summed E-state index contributed by atoms with van der Waals surface area (Å²) < 4.78 is 26.0. The van der Waals surface area contributed by atoms with E-state index in [0.717, 1.165) is 44.3 Å². The highest BCUT2D eigenvalue weighted by atomic mass is 35.5. The van der Waals surface area contributed by atoms with E-state index in [1.165, 1.54) is 17.0 Å². The summed E-state index contributed by atoms with van der Waals surface area (Å²) >= 11 is 6.26. The zero-order valence-electron chi connectivity index (χ0n) is 42.8. The summed E-state index contributed by atoms with van der Waals surface area (Å²) in [7, 11) is 0. The van der Waals surface area contributed by atoms with Crippen LogP contribution in [0.2, 0.25) is 5.02 Å². The number of amides is 4. The second-order valence-electron chi connectivity index (χ2n) is 21.9. The summed E-state index contributed by atoms with van der Waals surface area (Å²) in [5.74, 6) is 5.56. The molecule has 3 N–H and O–H groups in total. The van der Waals surface area contributed by atoms with Crippen molar-refractivity contribution in [2.45, 2.75) is 129 Å². The van der Waals surface area contributed by atoms with Gasteiger partial charge in [-0.3, -0.25) is 19.2 Å². The number of piperidine rings is 2. The van der Waals surface area contributed by atoms with E-state index < -0.39 is 35.8 Å². The van der Waals surface area contributed by atoms with Crippen LogP contribution in [0.1, 0.15) is 131 Å². The average molecular weight is 1020 g/mol. The smallest absolute Gasteiger partial charge is 0.251 e. The Morgan fingerprint density at radius 1 is 0.945 bits per heavy atom. The molecule has 1 aromatic heterocycles. The van der Waals surface area contributed by atoms with Gasteiger partial charge in [0.2, 0.25) is 17.7 Å². The Morgan fingerprint density at radius 2 is 1.62 bits per heavy atom. The van der Waals surface area contributed by atoms with Crippen LogP contribution < -0.4 is 15.4 Å². The van der Waals surface area contributed by atoms with Crippen LogP contribution in [0.5, 0.6) is 5.75 Å². The number of hydrogen-bond acceptors (Lipinski definition) is 10. The molecule has 0 radical (unpaired) electrons. The molecule has 3 aromatic carbocycles. The second kappa shape index (κ2) is 22.1. The van der Waals surface area contributed by atoms with E-state index >= 15 is 0 Å². The van der Waals surface area contributed by atoms with Gasteiger partial charge >= 0.3 is 0 Å². The molecule has 73 heavy (non-hydrogen) atoms. The van der Waals surface area contributed by atoms with E-state index in [-0.39, 0.29) is 71.9 Å². The molecule has 1 aliphatic carbocycles. The lowest BCUT2D eigenvalue weighted by molar-refractivity contribution is -0.164. The van der Waals surface area contributed by atoms with E-state index in [0.29, 0.717) is 58.0 Å². The Morgan fingerprint density at radius 3 is 2.22 bits per heavy atom. The molecule has 4 fully saturated rings. The van der Waals surface area contributed by atoms with Crippen molar-refractivity contribution in [1.29, 1.82) is 5.26 Å². The molecule has 0 spiro atoms. The highest BCUT2D eigenvalue weighted by molar-refractivity contribution is 6.31. The lowest BCUT2D eigenvalue weighted by Crippen LogP contribution is -2.74. The van der Waals surface area contributed by atoms with Gasteiger partial charge in [-0.15, -0.1) is 0 Å². The van der Waals surface area contributed by atoms with Crippen LogP contribution in [0, 0.1) is 58.6 Å². The third kappa shape index (κ3) is 11.8. The Balaban J connectivity index is 0.803. The topological polar surface area (TPSA) is 181 Å². The Bertz CT molecular complexity index is 2750. The van der Waals surface area contributed by atoms with Crippen molar-refractivity contribution in [1.82, 2.24) is 30.5 Å². The van der Waals surface area contributed by atoms with Gasteiger partial charge in [0, 0.05) is 78.1 Å². The van der Waals surface area contributed by atoms with Crippen molar-refractivity contribution >= 4 is 35.2 Å². The van der Waals surface area contributed by atoms with Crippen LogP contribution in [0.15, 0.2) is 77.3 Å². The lowest BCUT2D eigenvalue weighted by Gasteiger charge is -2.63. The van der Waals surface area contributed by atoms with Crippen molar-refractivity contribution in [3.8, 4) is 23.7 Å². The van der Waals surface area contributed by atoms with Gasteiger partial charge in [-0.1, -0.05) is 82.3 Å². The number of hydrogen-bond donors (Lipinski definition) is 3. The molecule has 4 atom stereocenters. The van der Waals surface area contributed by atoms with E-state index in [4.69, 9.17) is 20.9 Å². The highest BCUT2D eigenvalue weighted by Gasteiger charge is 2.64. The molecule has 14 nitrogen and oxygen atoms in total. The van der Waals surface area contributed by atoms with Crippen LogP contribution in [-0.2, 0) is 14.4 Å². The van der Waals surface area contributed by atoms with Gasteiger partial charge in [0.1, 0.15) is 41.5 Å². The predicted octanol–water partition coefficient (Wildman–Crippen LogP) is 7.96. The Hall–Kier alpha value is -6.26. The van der Waals surface area contributed by atoms with Crippen LogP contribution in [0.3, 0.4) is 0 Å². The van der Waals surface area contributed by atoms with Crippen LogP contribution in [0.4, 0.5) is 4.39 Å². The molecular weight excluding hydrogens is 949 g/mol. The number of halogens is 2. The summed E-state index contributed by atoms with van der Waals surface area (Å²) in [4.78, 5) is 61.3. The van der Waals surface area contributed by atoms with E-state index in [2.05, 4.69) is 66.3 Å². The highest BCUT2D eigenvalue weighted by Crippen LogP contribution is 2.55. The zero-order valence-corrected chi connectivity index (χ0v) is 43.5. The number of rotatable bonds is 13. The van der Waals surface area contributed by atoms with Crippen LogP contribution >= 0.6 is 11.6 Å². The van der Waals surface area contributed by atoms with Crippen LogP contribution in [-0.4, -0.2) is 112 Å². The average Bonchev–Trinajstić information content (AvgIpc) is 3.99. The first-order chi connectivity index (χ1) is 34.7. The summed E-state index contributed by atoms with van der Waals surface area (Å²) in [5.41, 5.74) is 2.21. The molecule has 4 aliphatic rings. The minimum Gasteiger partial charge on any atom is -0.489 e. The van der Waals surface area contributed by atoms with Gasteiger partial charge in [-0.2, -0.15) is 5.26 Å². The summed E-state index contributed by atoms with van der Waals surface area (Å²) in [5, 5.41) is 30.5. The number of carbonyl (C=O) groups is 4.